The predicted octanol–water partition coefficient (Wildman–Crippen LogP) is 4.36. The van der Waals surface area contributed by atoms with Gasteiger partial charge in [-0.2, -0.15) is 0 Å². The van der Waals surface area contributed by atoms with Crippen LogP contribution < -0.4 is 10.6 Å². The van der Waals surface area contributed by atoms with E-state index < -0.39 is 0 Å². The van der Waals surface area contributed by atoms with Crippen molar-refractivity contribution in [3.05, 3.63) is 51.8 Å². The molecule has 0 spiro atoms. The van der Waals surface area contributed by atoms with E-state index in [1.807, 2.05) is 6.07 Å². The maximum atomic E-state index is 12.3. The Morgan fingerprint density at radius 3 is 2.42 bits per heavy atom. The van der Waals surface area contributed by atoms with E-state index in [4.69, 9.17) is 16.3 Å². The smallest absolute Gasteiger partial charge is 0.275 e. The summed E-state index contributed by atoms with van der Waals surface area (Å²) in [7, 11) is 1.45. The number of rotatable bonds is 6. The number of nitrogens with one attached hydrogen (secondary N) is 2. The Balaban J connectivity index is 1.63. The van der Waals surface area contributed by atoms with Gasteiger partial charge in [-0.15, -0.1) is 22.7 Å². The molecule has 9 heteroatoms. The fraction of sp³-hybridized carbons (Fsp3) is 0.118. The highest BCUT2D eigenvalue weighted by atomic mass is 35.5. The molecule has 134 valence electrons. The van der Waals surface area contributed by atoms with Gasteiger partial charge in [0.25, 0.3) is 5.91 Å². The highest BCUT2D eigenvalue weighted by molar-refractivity contribution is 7.23. The first-order valence-corrected chi connectivity index (χ1v) is 9.54. The molecule has 3 aromatic rings. The summed E-state index contributed by atoms with van der Waals surface area (Å²) in [6.07, 6.45) is 0. The number of methoxy groups -OCH3 is 1. The van der Waals surface area contributed by atoms with Crippen LogP contribution in [0.15, 0.2) is 41.8 Å². The number of benzene rings is 1. The molecule has 2 amide bonds. The number of thiophene rings is 1. The van der Waals surface area contributed by atoms with Crippen molar-refractivity contribution in [2.45, 2.75) is 0 Å². The van der Waals surface area contributed by atoms with Crippen molar-refractivity contribution < 1.29 is 14.3 Å². The molecular weight excluding hydrogens is 394 g/mol. The van der Waals surface area contributed by atoms with Crippen LogP contribution in [-0.2, 0) is 9.53 Å². The van der Waals surface area contributed by atoms with Crippen LogP contribution in [-0.4, -0.2) is 30.5 Å². The summed E-state index contributed by atoms with van der Waals surface area (Å²) < 4.78 is 5.43. The third-order valence-corrected chi connectivity index (χ3v) is 5.47. The molecule has 0 bridgehead atoms. The van der Waals surface area contributed by atoms with E-state index in [1.54, 1.807) is 35.7 Å². The van der Waals surface area contributed by atoms with Crippen molar-refractivity contribution in [1.29, 1.82) is 0 Å². The highest BCUT2D eigenvalue weighted by Gasteiger charge is 2.13. The zero-order valence-electron chi connectivity index (χ0n) is 13.6. The topological polar surface area (TPSA) is 80.3 Å². The van der Waals surface area contributed by atoms with Crippen LogP contribution in [0.1, 0.15) is 10.5 Å². The van der Waals surface area contributed by atoms with E-state index in [1.165, 1.54) is 29.8 Å². The van der Waals surface area contributed by atoms with Gasteiger partial charge in [0.15, 0.2) is 0 Å². The molecule has 1 aromatic carbocycles. The second-order valence-corrected chi connectivity index (χ2v) is 7.73. The lowest BCUT2D eigenvalue weighted by Gasteiger charge is -2.07. The summed E-state index contributed by atoms with van der Waals surface area (Å²) in [6.45, 7) is -0.0138. The van der Waals surface area contributed by atoms with Gasteiger partial charge in [-0.25, -0.2) is 4.98 Å². The maximum absolute atomic E-state index is 12.3. The average molecular weight is 408 g/mol. The fourth-order valence-electron chi connectivity index (χ4n) is 2.08. The van der Waals surface area contributed by atoms with Crippen LogP contribution in [0.3, 0.4) is 0 Å². The Labute approximate surface area is 162 Å². The van der Waals surface area contributed by atoms with E-state index in [0.29, 0.717) is 21.4 Å². The minimum Gasteiger partial charge on any atom is -0.375 e. The van der Waals surface area contributed by atoms with Crippen LogP contribution in [0, 0.1) is 0 Å². The van der Waals surface area contributed by atoms with Gasteiger partial charge in [0.05, 0.1) is 9.21 Å². The molecule has 0 fully saturated rings. The van der Waals surface area contributed by atoms with Crippen LogP contribution in [0.4, 0.5) is 11.4 Å². The van der Waals surface area contributed by atoms with Gasteiger partial charge in [0.2, 0.25) is 5.91 Å². The fourth-order valence-corrected chi connectivity index (χ4v) is 4.00. The van der Waals surface area contributed by atoms with Gasteiger partial charge in [0, 0.05) is 23.9 Å². The lowest BCUT2D eigenvalue weighted by Crippen LogP contribution is -2.17. The Hall–Kier alpha value is -2.26. The second kappa shape index (κ2) is 8.41. The third kappa shape index (κ3) is 4.67. The van der Waals surface area contributed by atoms with Crippen molar-refractivity contribution >= 4 is 57.5 Å². The van der Waals surface area contributed by atoms with E-state index in [2.05, 4.69) is 15.6 Å². The molecule has 2 heterocycles. The summed E-state index contributed by atoms with van der Waals surface area (Å²) in [4.78, 5) is 29.1. The third-order valence-electron chi connectivity index (χ3n) is 3.22. The largest absolute Gasteiger partial charge is 0.375 e. The molecule has 0 aliphatic rings. The monoisotopic (exact) mass is 407 g/mol. The Morgan fingerprint density at radius 1 is 1.12 bits per heavy atom. The zero-order valence-corrected chi connectivity index (χ0v) is 16.0. The van der Waals surface area contributed by atoms with Gasteiger partial charge in [-0.1, -0.05) is 11.6 Å². The lowest BCUT2D eigenvalue weighted by atomic mass is 10.2. The molecular formula is C17H14ClN3O3S2. The van der Waals surface area contributed by atoms with Gasteiger partial charge in [-0.05, 0) is 36.4 Å². The van der Waals surface area contributed by atoms with Crippen LogP contribution in [0.5, 0.6) is 0 Å². The Morgan fingerprint density at radius 2 is 1.81 bits per heavy atom. The molecule has 0 unspecified atom stereocenters. The molecule has 0 aliphatic heterocycles. The van der Waals surface area contributed by atoms with Crippen molar-refractivity contribution in [1.82, 2.24) is 4.98 Å². The quantitative estimate of drug-likeness (QED) is 0.636. The lowest BCUT2D eigenvalue weighted by molar-refractivity contribution is -0.119. The zero-order chi connectivity index (χ0) is 18.5. The predicted molar refractivity (Wildman–Crippen MR) is 105 cm³/mol. The normalized spacial score (nSPS) is 10.5. The average Bonchev–Trinajstić information content (AvgIpc) is 3.26. The van der Waals surface area contributed by atoms with Gasteiger partial charge >= 0.3 is 0 Å². The molecule has 0 atom stereocenters. The molecule has 2 N–H and O–H groups in total. The molecule has 0 saturated heterocycles. The minimum atomic E-state index is -0.300. The number of ether oxygens (including phenoxy) is 1. The number of carbonyl (C=O) groups is 2. The number of anilines is 2. The number of amides is 2. The first kappa shape index (κ1) is 18.5. The number of hydrogen-bond donors (Lipinski definition) is 2. The number of thiazole rings is 1. The summed E-state index contributed by atoms with van der Waals surface area (Å²) in [5, 5.41) is 7.92. The SMILES string of the molecule is COCC(=O)Nc1ccc(NC(=O)c2csc(-c3ccc(Cl)s3)n2)cc1. The van der Waals surface area contributed by atoms with Crippen molar-refractivity contribution in [3.63, 3.8) is 0 Å². The summed E-state index contributed by atoms with van der Waals surface area (Å²) in [6, 6.07) is 10.5. The summed E-state index contributed by atoms with van der Waals surface area (Å²) in [5.74, 6) is -0.542. The molecule has 0 saturated carbocycles. The molecule has 0 radical (unpaired) electrons. The number of aromatic nitrogens is 1. The summed E-state index contributed by atoms with van der Waals surface area (Å²) >= 11 is 8.74. The Kier molecular flexibility index (Phi) is 6.00. The van der Waals surface area contributed by atoms with Crippen LogP contribution in [0.2, 0.25) is 4.34 Å². The number of halogens is 1. The maximum Gasteiger partial charge on any atom is 0.275 e. The molecule has 2 aromatic heterocycles. The van der Waals surface area contributed by atoms with Gasteiger partial charge in [0.1, 0.15) is 17.3 Å². The number of hydrogen-bond acceptors (Lipinski definition) is 6. The van der Waals surface area contributed by atoms with Gasteiger partial charge < -0.3 is 15.4 Å². The highest BCUT2D eigenvalue weighted by Crippen LogP contribution is 2.33. The Bertz CT molecular complexity index is 921. The van der Waals surface area contributed by atoms with E-state index >= 15 is 0 Å². The van der Waals surface area contributed by atoms with E-state index in [-0.39, 0.29) is 18.4 Å². The first-order chi connectivity index (χ1) is 12.5. The number of carbonyl (C=O) groups excluding carboxylic acids is 2. The molecule has 0 aliphatic carbocycles. The van der Waals surface area contributed by atoms with Crippen molar-refractivity contribution in [2.24, 2.45) is 0 Å². The molecule has 3 rings (SSSR count). The minimum absolute atomic E-state index is 0.0138. The van der Waals surface area contributed by atoms with Crippen LogP contribution >= 0.6 is 34.3 Å². The summed E-state index contributed by atoms with van der Waals surface area (Å²) in [5.41, 5.74) is 1.57. The number of nitrogens with zero attached hydrogens (tertiary/aromatic N) is 1. The van der Waals surface area contributed by atoms with Gasteiger partial charge in [-0.3, -0.25) is 9.59 Å². The standard InChI is InChI=1S/C17H14ClN3O3S2/c1-24-8-15(22)19-10-2-4-11(5-3-10)20-16(23)12-9-25-17(21-12)13-6-7-14(18)26-13/h2-7,9H,8H2,1H3,(H,19,22)(H,20,23). The van der Waals surface area contributed by atoms with Crippen molar-refractivity contribution in [3.8, 4) is 9.88 Å². The van der Waals surface area contributed by atoms with E-state index in [9.17, 15) is 9.59 Å². The first-order valence-electron chi connectivity index (χ1n) is 7.46. The second-order valence-electron chi connectivity index (χ2n) is 5.15. The van der Waals surface area contributed by atoms with Crippen LogP contribution in [0.25, 0.3) is 9.88 Å². The van der Waals surface area contributed by atoms with Crippen molar-refractivity contribution in [2.75, 3.05) is 24.4 Å². The van der Waals surface area contributed by atoms with E-state index in [0.717, 1.165) is 9.88 Å². The molecule has 6 nitrogen and oxygen atoms in total. The molecule has 26 heavy (non-hydrogen) atoms.